The lowest BCUT2D eigenvalue weighted by atomic mass is 9.70. The van der Waals surface area contributed by atoms with Crippen LogP contribution in [0.5, 0.6) is 11.5 Å². The summed E-state index contributed by atoms with van der Waals surface area (Å²) in [6.07, 6.45) is 7.84. The molecule has 7 rings (SSSR count). The number of aromatic nitrogens is 2. The lowest BCUT2D eigenvalue weighted by Crippen LogP contribution is -2.49. The molecule has 3 atom stereocenters. The van der Waals surface area contributed by atoms with Crippen molar-refractivity contribution in [2.24, 2.45) is 0 Å². The summed E-state index contributed by atoms with van der Waals surface area (Å²) in [6, 6.07) is 26.1. The van der Waals surface area contributed by atoms with Gasteiger partial charge < -0.3 is 19.3 Å². The zero-order valence-electron chi connectivity index (χ0n) is 25.3. The predicted molar refractivity (Wildman–Crippen MR) is 169 cm³/mol. The fourth-order valence-corrected chi connectivity index (χ4v) is 8.39. The minimum Gasteiger partial charge on any atom is -0.507 e. The Kier molecular flexibility index (Phi) is 7.38. The molecule has 4 aromatic rings. The number of ether oxygens (including phenoxy) is 1. The third-order valence-corrected chi connectivity index (χ3v) is 10.7. The number of phenols is 1. The highest BCUT2D eigenvalue weighted by Gasteiger charge is 2.44. The van der Waals surface area contributed by atoms with Crippen molar-refractivity contribution in [2.75, 3.05) is 26.7 Å². The van der Waals surface area contributed by atoms with Crippen LogP contribution in [0.4, 0.5) is 0 Å². The van der Waals surface area contributed by atoms with Crippen molar-refractivity contribution in [3.05, 3.63) is 89.7 Å². The number of carbonyl (C=O) groups excluding carboxylic acids is 1. The molecule has 0 saturated carbocycles. The van der Waals surface area contributed by atoms with Crippen molar-refractivity contribution >= 4 is 16.9 Å². The first-order chi connectivity index (χ1) is 21.0. The Bertz CT molecular complexity index is 1590. The Hall–Kier alpha value is -3.84. The molecule has 3 aliphatic heterocycles. The summed E-state index contributed by atoms with van der Waals surface area (Å²) in [6.45, 7) is 4.59. The van der Waals surface area contributed by atoms with E-state index in [1.807, 2.05) is 4.90 Å². The topological polar surface area (TPSA) is 70.8 Å². The summed E-state index contributed by atoms with van der Waals surface area (Å²) in [7, 11) is 1.57. The normalized spacial score (nSPS) is 23.5. The molecule has 3 aromatic carbocycles. The Morgan fingerprint density at radius 1 is 0.953 bits per heavy atom. The monoisotopic (exact) mass is 578 g/mol. The Labute approximate surface area is 254 Å². The molecule has 3 fully saturated rings. The van der Waals surface area contributed by atoms with Crippen molar-refractivity contribution < 1.29 is 14.6 Å². The van der Waals surface area contributed by atoms with Crippen LogP contribution < -0.4 is 4.74 Å². The number of piperidine rings is 2. The van der Waals surface area contributed by atoms with Gasteiger partial charge in [-0.25, -0.2) is 4.98 Å². The summed E-state index contributed by atoms with van der Waals surface area (Å²) in [5.74, 6) is 1.58. The molecular formula is C36H42N4O3. The Balaban J connectivity index is 1.06. The van der Waals surface area contributed by atoms with E-state index in [9.17, 15) is 9.90 Å². The summed E-state index contributed by atoms with van der Waals surface area (Å²) in [5, 5.41) is 10.4. The fourth-order valence-electron chi connectivity index (χ4n) is 8.39. The number of aryl methyl sites for hydroxylation is 1. The van der Waals surface area contributed by atoms with Gasteiger partial charge in [0.2, 0.25) is 0 Å². The van der Waals surface area contributed by atoms with Crippen molar-refractivity contribution in [3.63, 3.8) is 0 Å². The SMILES string of the molecule is COc1ccc(O)c(C(=O)N2CCC(CCN3[C@@H]4CC[C@H]3CC(n3c(C)nc5ccccc53)C4)(c3ccccc3)CC2)c1. The van der Waals surface area contributed by atoms with Gasteiger partial charge >= 0.3 is 0 Å². The average molecular weight is 579 g/mol. The third-order valence-electron chi connectivity index (χ3n) is 10.7. The van der Waals surface area contributed by atoms with Crippen LogP contribution in [-0.4, -0.2) is 69.2 Å². The molecule has 0 spiro atoms. The number of imidazole rings is 1. The second-order valence-electron chi connectivity index (χ2n) is 12.8. The van der Waals surface area contributed by atoms with Gasteiger partial charge in [0.25, 0.3) is 5.91 Å². The van der Waals surface area contributed by atoms with Crippen LogP contribution in [0.3, 0.4) is 0 Å². The number of rotatable bonds is 7. The van der Waals surface area contributed by atoms with Crippen LogP contribution in [0.15, 0.2) is 72.8 Å². The van der Waals surface area contributed by atoms with E-state index in [0.29, 0.717) is 42.5 Å². The molecule has 0 aliphatic carbocycles. The molecule has 1 unspecified atom stereocenters. The largest absolute Gasteiger partial charge is 0.507 e. The number of fused-ring (bicyclic) bond motifs is 3. The number of hydrogen-bond acceptors (Lipinski definition) is 5. The first-order valence-corrected chi connectivity index (χ1v) is 15.9. The zero-order valence-corrected chi connectivity index (χ0v) is 25.3. The molecule has 0 radical (unpaired) electrons. The summed E-state index contributed by atoms with van der Waals surface area (Å²) >= 11 is 0. The maximum Gasteiger partial charge on any atom is 0.257 e. The first kappa shape index (κ1) is 28.0. The predicted octanol–water partition coefficient (Wildman–Crippen LogP) is 6.49. The lowest BCUT2D eigenvalue weighted by molar-refractivity contribution is 0.0604. The third kappa shape index (κ3) is 5.07. The van der Waals surface area contributed by atoms with Gasteiger partial charge in [-0.05, 0) is 99.7 Å². The van der Waals surface area contributed by atoms with Gasteiger partial charge in [0.15, 0.2) is 0 Å². The second kappa shape index (κ2) is 11.3. The summed E-state index contributed by atoms with van der Waals surface area (Å²) < 4.78 is 7.82. The number of hydrogen-bond donors (Lipinski definition) is 1. The smallest absolute Gasteiger partial charge is 0.257 e. The zero-order chi connectivity index (χ0) is 29.6. The van der Waals surface area contributed by atoms with Gasteiger partial charge in [-0.3, -0.25) is 9.69 Å². The van der Waals surface area contributed by atoms with Crippen LogP contribution in [0.1, 0.15) is 72.7 Å². The van der Waals surface area contributed by atoms with Crippen LogP contribution >= 0.6 is 0 Å². The van der Waals surface area contributed by atoms with E-state index in [0.717, 1.165) is 37.1 Å². The van der Waals surface area contributed by atoms with Crippen molar-refractivity contribution in [1.29, 1.82) is 0 Å². The maximum atomic E-state index is 13.5. The van der Waals surface area contributed by atoms with E-state index in [2.05, 4.69) is 71.0 Å². The number of benzene rings is 3. The highest BCUT2D eigenvalue weighted by Crippen LogP contribution is 2.45. The van der Waals surface area contributed by atoms with E-state index >= 15 is 0 Å². The molecule has 3 aliphatic rings. The molecule has 1 amide bonds. The highest BCUT2D eigenvalue weighted by atomic mass is 16.5. The summed E-state index contributed by atoms with van der Waals surface area (Å²) in [4.78, 5) is 23.1. The number of amides is 1. The van der Waals surface area contributed by atoms with Crippen molar-refractivity contribution in [3.8, 4) is 11.5 Å². The van der Waals surface area contributed by atoms with Crippen LogP contribution in [0, 0.1) is 6.92 Å². The van der Waals surface area contributed by atoms with Gasteiger partial charge in [0.05, 0.1) is 23.7 Å². The minimum atomic E-state index is -0.125. The van der Waals surface area contributed by atoms with Crippen LogP contribution in [-0.2, 0) is 5.41 Å². The quantitative estimate of drug-likeness (QED) is 0.271. The number of para-hydroxylation sites is 2. The molecule has 1 N–H and O–H groups in total. The minimum absolute atomic E-state index is 0.00320. The molecule has 1 aromatic heterocycles. The molecule has 43 heavy (non-hydrogen) atoms. The molecule has 224 valence electrons. The standard InChI is InChI=1S/C36H42N4O3/c1-25-37-32-10-6-7-11-33(32)40(25)29-22-27-12-13-28(23-29)39(27)21-18-36(26-8-4-3-5-9-26)16-19-38(20-17-36)35(42)31-24-30(43-2)14-15-34(31)41/h3-11,14-15,24,27-29,41H,12-13,16-23H2,1-2H3/t27-,28+,29?. The van der Waals surface area contributed by atoms with Crippen molar-refractivity contribution in [2.45, 2.75) is 75.4 Å². The molecular weight excluding hydrogens is 536 g/mol. The van der Waals surface area contributed by atoms with Gasteiger partial charge in [-0.15, -0.1) is 0 Å². The van der Waals surface area contributed by atoms with E-state index in [-0.39, 0.29) is 17.1 Å². The molecule has 4 heterocycles. The van der Waals surface area contributed by atoms with Gasteiger partial charge in [-0.1, -0.05) is 42.5 Å². The highest BCUT2D eigenvalue weighted by molar-refractivity contribution is 5.97. The second-order valence-corrected chi connectivity index (χ2v) is 12.8. The molecule has 7 nitrogen and oxygen atoms in total. The molecule has 2 bridgehead atoms. The van der Waals surface area contributed by atoms with Gasteiger partial charge in [0.1, 0.15) is 17.3 Å². The average Bonchev–Trinajstić information content (AvgIpc) is 3.50. The summed E-state index contributed by atoms with van der Waals surface area (Å²) in [5.41, 5.74) is 4.10. The fraction of sp³-hybridized carbons (Fsp3) is 0.444. The number of methoxy groups -OCH3 is 1. The number of carbonyl (C=O) groups is 1. The first-order valence-electron chi connectivity index (χ1n) is 15.9. The maximum absolute atomic E-state index is 13.5. The van der Waals surface area contributed by atoms with Crippen LogP contribution in [0.25, 0.3) is 11.0 Å². The molecule has 7 heteroatoms. The van der Waals surface area contributed by atoms with Crippen LogP contribution in [0.2, 0.25) is 0 Å². The van der Waals surface area contributed by atoms with E-state index < -0.39 is 0 Å². The Morgan fingerprint density at radius 2 is 1.65 bits per heavy atom. The number of phenolic OH excluding ortho intramolecular Hbond substituents is 1. The molecule has 3 saturated heterocycles. The lowest BCUT2D eigenvalue weighted by Gasteiger charge is -2.45. The number of likely N-dealkylation sites (tertiary alicyclic amines) is 1. The van der Waals surface area contributed by atoms with E-state index in [1.54, 1.807) is 25.3 Å². The Morgan fingerprint density at radius 3 is 2.37 bits per heavy atom. The van der Waals surface area contributed by atoms with Crippen molar-refractivity contribution in [1.82, 2.24) is 19.4 Å². The number of nitrogens with zero attached hydrogens (tertiary/aromatic N) is 4. The van der Waals surface area contributed by atoms with E-state index in [4.69, 9.17) is 9.72 Å². The van der Waals surface area contributed by atoms with Gasteiger partial charge in [-0.2, -0.15) is 0 Å². The number of aromatic hydroxyl groups is 1. The van der Waals surface area contributed by atoms with Gasteiger partial charge in [0, 0.05) is 31.2 Å². The van der Waals surface area contributed by atoms with E-state index in [1.165, 1.54) is 36.8 Å².